The zero-order valence-electron chi connectivity index (χ0n) is 15.1. The Balaban J connectivity index is 1.71. The highest BCUT2D eigenvalue weighted by atomic mass is 16.5. The number of fused-ring (bicyclic) bond motifs is 5. The van der Waals surface area contributed by atoms with Crippen LogP contribution in [0, 0.1) is 34.5 Å². The quantitative estimate of drug-likeness (QED) is 0.801. The second kappa shape index (κ2) is 5.38. The van der Waals surface area contributed by atoms with E-state index in [2.05, 4.69) is 6.92 Å². The summed E-state index contributed by atoms with van der Waals surface area (Å²) in [5.74, 6) is 1.62. The number of carbonyl (C=O) groups excluding carboxylic acids is 2. The number of hydrogen-bond donors (Lipinski definition) is 1. The van der Waals surface area contributed by atoms with E-state index in [9.17, 15) is 14.7 Å². The Morgan fingerprint density at radius 1 is 1.08 bits per heavy atom. The van der Waals surface area contributed by atoms with Crippen molar-refractivity contribution in [2.24, 2.45) is 34.5 Å². The predicted octanol–water partition coefficient (Wildman–Crippen LogP) is 2.76. The SMILES string of the molecule is COC1C(O)CCC2(C)C1CCC1C3CCC(=O)C3(C)CC(=O)C12. The van der Waals surface area contributed by atoms with E-state index in [1.165, 1.54) is 0 Å². The number of aliphatic hydroxyl groups excluding tert-OH is 1. The second-order valence-corrected chi connectivity index (χ2v) is 9.27. The fourth-order valence-electron chi connectivity index (χ4n) is 7.21. The molecular weight excluding hydrogens is 304 g/mol. The molecule has 0 aromatic carbocycles. The highest BCUT2D eigenvalue weighted by molar-refractivity contribution is 5.95. The van der Waals surface area contributed by atoms with Crippen molar-refractivity contribution >= 4 is 11.6 Å². The molecule has 4 nitrogen and oxygen atoms in total. The minimum atomic E-state index is -0.415. The lowest BCUT2D eigenvalue weighted by atomic mass is 9.44. The summed E-state index contributed by atoms with van der Waals surface area (Å²) in [6, 6.07) is 0. The molecule has 4 saturated carbocycles. The number of methoxy groups -OCH3 is 1. The molecule has 1 N–H and O–H groups in total. The number of Topliss-reactive ketones (excluding diaryl/α,β-unsaturated/α-hetero) is 2. The van der Waals surface area contributed by atoms with Crippen LogP contribution in [0.4, 0.5) is 0 Å². The first-order valence-electron chi connectivity index (χ1n) is 9.60. The predicted molar refractivity (Wildman–Crippen MR) is 89.3 cm³/mol. The number of aliphatic hydroxyl groups is 1. The van der Waals surface area contributed by atoms with Crippen LogP contribution < -0.4 is 0 Å². The van der Waals surface area contributed by atoms with Crippen LogP contribution in [-0.4, -0.2) is 36.0 Å². The first-order valence-corrected chi connectivity index (χ1v) is 9.60. The number of ether oxygens (including phenoxy) is 1. The summed E-state index contributed by atoms with van der Waals surface area (Å²) in [6.45, 7) is 4.29. The summed E-state index contributed by atoms with van der Waals surface area (Å²) in [7, 11) is 1.68. The molecule has 0 spiro atoms. The van der Waals surface area contributed by atoms with E-state index in [0.29, 0.717) is 42.7 Å². The third-order valence-electron chi connectivity index (χ3n) is 8.37. The second-order valence-electron chi connectivity index (χ2n) is 9.27. The molecule has 0 aliphatic heterocycles. The third-order valence-corrected chi connectivity index (χ3v) is 8.37. The standard InChI is InChI=1S/C20H30O4/c1-19-9-8-14(21)18(24-3)13(19)5-4-11-12-6-7-16(23)20(12,2)10-15(22)17(11)19/h11-14,17-18,21H,4-10H2,1-3H3. The number of ketones is 2. The molecule has 24 heavy (non-hydrogen) atoms. The van der Waals surface area contributed by atoms with Gasteiger partial charge in [0.15, 0.2) is 0 Å². The summed E-state index contributed by atoms with van der Waals surface area (Å²) in [6.07, 6.45) is 5.07. The largest absolute Gasteiger partial charge is 0.390 e. The van der Waals surface area contributed by atoms with Gasteiger partial charge in [0.1, 0.15) is 11.6 Å². The van der Waals surface area contributed by atoms with Crippen molar-refractivity contribution in [2.75, 3.05) is 7.11 Å². The highest BCUT2D eigenvalue weighted by Gasteiger charge is 2.64. The molecule has 0 aromatic heterocycles. The van der Waals surface area contributed by atoms with E-state index >= 15 is 0 Å². The number of rotatable bonds is 1. The molecule has 8 atom stereocenters. The molecule has 8 unspecified atom stereocenters. The molecule has 0 amide bonds. The highest BCUT2D eigenvalue weighted by Crippen LogP contribution is 2.64. The maximum absolute atomic E-state index is 13.2. The molecule has 4 fully saturated rings. The lowest BCUT2D eigenvalue weighted by Crippen LogP contribution is -2.61. The molecule has 0 bridgehead atoms. The Hall–Kier alpha value is -0.740. The lowest BCUT2D eigenvalue weighted by Gasteiger charge is -2.60. The van der Waals surface area contributed by atoms with Crippen molar-refractivity contribution in [2.45, 2.75) is 71.0 Å². The molecule has 4 aliphatic carbocycles. The molecular formula is C20H30O4. The van der Waals surface area contributed by atoms with Gasteiger partial charge in [-0.1, -0.05) is 13.8 Å². The van der Waals surface area contributed by atoms with Crippen molar-refractivity contribution in [3.8, 4) is 0 Å². The normalized spacial score (nSPS) is 54.2. The van der Waals surface area contributed by atoms with Crippen molar-refractivity contribution in [1.29, 1.82) is 0 Å². The van der Waals surface area contributed by atoms with Gasteiger partial charge in [-0.2, -0.15) is 0 Å². The number of carbonyl (C=O) groups is 2. The third kappa shape index (κ3) is 1.99. The van der Waals surface area contributed by atoms with Crippen molar-refractivity contribution < 1.29 is 19.4 Å². The van der Waals surface area contributed by atoms with Crippen molar-refractivity contribution in [1.82, 2.24) is 0 Å². The van der Waals surface area contributed by atoms with Gasteiger partial charge in [-0.15, -0.1) is 0 Å². The molecule has 4 heteroatoms. The average molecular weight is 334 g/mol. The van der Waals surface area contributed by atoms with Crippen LogP contribution in [0.25, 0.3) is 0 Å². The summed E-state index contributed by atoms with van der Waals surface area (Å²) < 4.78 is 5.66. The zero-order chi connectivity index (χ0) is 17.3. The van der Waals surface area contributed by atoms with E-state index in [0.717, 1.165) is 25.7 Å². The molecule has 4 aliphatic rings. The minimum absolute atomic E-state index is 0.0466. The van der Waals surface area contributed by atoms with Crippen LogP contribution in [0.3, 0.4) is 0 Å². The van der Waals surface area contributed by atoms with Gasteiger partial charge in [-0.3, -0.25) is 9.59 Å². The van der Waals surface area contributed by atoms with E-state index in [-0.39, 0.29) is 23.4 Å². The van der Waals surface area contributed by atoms with E-state index in [1.54, 1.807) is 7.11 Å². The number of hydrogen-bond acceptors (Lipinski definition) is 4. The zero-order valence-corrected chi connectivity index (χ0v) is 15.1. The van der Waals surface area contributed by atoms with Crippen LogP contribution >= 0.6 is 0 Å². The van der Waals surface area contributed by atoms with E-state index in [4.69, 9.17) is 4.74 Å². The monoisotopic (exact) mass is 334 g/mol. The van der Waals surface area contributed by atoms with E-state index in [1.807, 2.05) is 6.92 Å². The van der Waals surface area contributed by atoms with Gasteiger partial charge in [0, 0.05) is 31.3 Å². The van der Waals surface area contributed by atoms with Crippen LogP contribution in [0.5, 0.6) is 0 Å². The summed E-state index contributed by atoms with van der Waals surface area (Å²) >= 11 is 0. The summed E-state index contributed by atoms with van der Waals surface area (Å²) in [5.41, 5.74) is -0.497. The van der Waals surface area contributed by atoms with E-state index < -0.39 is 11.5 Å². The van der Waals surface area contributed by atoms with Crippen molar-refractivity contribution in [3.05, 3.63) is 0 Å². The van der Waals surface area contributed by atoms with Crippen LogP contribution in [0.1, 0.15) is 58.8 Å². The van der Waals surface area contributed by atoms with Crippen LogP contribution in [-0.2, 0) is 14.3 Å². The first-order chi connectivity index (χ1) is 11.3. The molecule has 0 heterocycles. The Morgan fingerprint density at radius 3 is 2.54 bits per heavy atom. The maximum atomic E-state index is 13.2. The molecule has 0 saturated heterocycles. The van der Waals surface area contributed by atoms with Gasteiger partial charge in [-0.05, 0) is 55.3 Å². The first kappa shape index (κ1) is 16.7. The summed E-state index contributed by atoms with van der Waals surface area (Å²) in [5, 5.41) is 10.4. The fraction of sp³-hybridized carbons (Fsp3) is 0.900. The molecule has 4 rings (SSSR count). The van der Waals surface area contributed by atoms with Gasteiger partial charge >= 0.3 is 0 Å². The Morgan fingerprint density at radius 2 is 1.83 bits per heavy atom. The van der Waals surface area contributed by atoms with Gasteiger partial charge in [0.2, 0.25) is 0 Å². The topological polar surface area (TPSA) is 63.6 Å². The lowest BCUT2D eigenvalue weighted by molar-refractivity contribution is -0.185. The average Bonchev–Trinajstić information content (AvgIpc) is 2.82. The van der Waals surface area contributed by atoms with Gasteiger partial charge in [0.05, 0.1) is 12.2 Å². The molecule has 0 aromatic rings. The van der Waals surface area contributed by atoms with Gasteiger partial charge in [0.25, 0.3) is 0 Å². The van der Waals surface area contributed by atoms with Crippen LogP contribution in [0.15, 0.2) is 0 Å². The molecule has 134 valence electrons. The van der Waals surface area contributed by atoms with Crippen LogP contribution in [0.2, 0.25) is 0 Å². The summed E-state index contributed by atoms with van der Waals surface area (Å²) in [4.78, 5) is 25.7. The molecule has 0 radical (unpaired) electrons. The fourth-order valence-corrected chi connectivity index (χ4v) is 7.21. The van der Waals surface area contributed by atoms with Crippen molar-refractivity contribution in [3.63, 3.8) is 0 Å². The Labute approximate surface area is 144 Å². The minimum Gasteiger partial charge on any atom is -0.390 e. The maximum Gasteiger partial charge on any atom is 0.139 e. The Kier molecular flexibility index (Phi) is 3.74. The Bertz CT molecular complexity index is 572. The van der Waals surface area contributed by atoms with Gasteiger partial charge < -0.3 is 9.84 Å². The van der Waals surface area contributed by atoms with Gasteiger partial charge in [-0.25, -0.2) is 0 Å². The smallest absolute Gasteiger partial charge is 0.139 e.